The van der Waals surface area contributed by atoms with E-state index in [1.165, 1.54) is 11.6 Å². The Kier molecular flexibility index (Phi) is 3.61. The molecule has 0 unspecified atom stereocenters. The first-order chi connectivity index (χ1) is 7.56. The fourth-order valence-corrected chi connectivity index (χ4v) is 1.17. The Morgan fingerprint density at radius 1 is 1.69 bits per heavy atom. The third-order valence-corrected chi connectivity index (χ3v) is 1.80. The van der Waals surface area contributed by atoms with Crippen LogP contribution in [0.3, 0.4) is 0 Å². The molecule has 0 aliphatic rings. The monoisotopic (exact) mass is 222 g/mol. The van der Waals surface area contributed by atoms with Crippen molar-refractivity contribution in [2.75, 3.05) is 5.32 Å². The van der Waals surface area contributed by atoms with Crippen LogP contribution in [0, 0.1) is 11.3 Å². The van der Waals surface area contributed by atoms with Gasteiger partial charge in [-0.25, -0.2) is 9.48 Å². The summed E-state index contributed by atoms with van der Waals surface area (Å²) < 4.78 is 1.29. The number of amides is 1. The number of nitrogens with zero attached hydrogens (tertiary/aromatic N) is 3. The number of aromatic carboxylic acids is 1. The Morgan fingerprint density at radius 2 is 2.38 bits per heavy atom. The van der Waals surface area contributed by atoms with E-state index in [1.54, 1.807) is 0 Å². The smallest absolute Gasteiger partial charge is 0.341 e. The number of hydrogen-bond acceptors (Lipinski definition) is 4. The lowest BCUT2D eigenvalue weighted by Gasteiger charge is -2.06. The summed E-state index contributed by atoms with van der Waals surface area (Å²) in [5, 5.41) is 23.5. The predicted molar refractivity (Wildman–Crippen MR) is 53.7 cm³/mol. The lowest BCUT2D eigenvalue weighted by Crippen LogP contribution is -2.14. The molecule has 2 N–H and O–H groups in total. The van der Waals surface area contributed by atoms with Crippen molar-refractivity contribution in [3.05, 3.63) is 11.8 Å². The Balaban J connectivity index is 3.04. The molecule has 0 radical (unpaired) electrons. The lowest BCUT2D eigenvalue weighted by atomic mass is 10.3. The molecule has 0 spiro atoms. The van der Waals surface area contributed by atoms with Crippen molar-refractivity contribution >= 4 is 17.7 Å². The third-order valence-electron chi connectivity index (χ3n) is 1.80. The molecule has 0 saturated carbocycles. The van der Waals surface area contributed by atoms with Gasteiger partial charge in [-0.1, -0.05) is 0 Å². The summed E-state index contributed by atoms with van der Waals surface area (Å²) in [5.41, 5.74) is -0.0897. The van der Waals surface area contributed by atoms with Crippen LogP contribution in [-0.2, 0) is 11.3 Å². The van der Waals surface area contributed by atoms with Crippen LogP contribution >= 0.6 is 0 Å². The van der Waals surface area contributed by atoms with Crippen molar-refractivity contribution in [1.29, 1.82) is 5.26 Å². The molecule has 0 aromatic carbocycles. The molecule has 0 atom stereocenters. The van der Waals surface area contributed by atoms with Gasteiger partial charge in [-0.15, -0.1) is 0 Å². The third kappa shape index (κ3) is 2.57. The van der Waals surface area contributed by atoms with E-state index in [0.717, 1.165) is 6.20 Å². The fraction of sp³-hybridized carbons (Fsp3) is 0.333. The standard InChI is InChI=1S/C9H10N4O3/c1-6(14)12-8-7(9(15)16)5-11-13(8)4-2-3-10/h5H,2,4H2,1H3,(H,12,14)(H,15,16). The van der Waals surface area contributed by atoms with E-state index in [0.29, 0.717) is 0 Å². The number of nitrogens with one attached hydrogen (secondary N) is 1. The van der Waals surface area contributed by atoms with E-state index < -0.39 is 5.97 Å². The molecule has 7 nitrogen and oxygen atoms in total. The fourth-order valence-electron chi connectivity index (χ4n) is 1.17. The molecule has 1 rings (SSSR count). The second-order valence-electron chi connectivity index (χ2n) is 3.02. The summed E-state index contributed by atoms with van der Waals surface area (Å²) >= 11 is 0. The number of anilines is 1. The van der Waals surface area contributed by atoms with Gasteiger partial charge in [0, 0.05) is 6.92 Å². The number of aromatic nitrogens is 2. The van der Waals surface area contributed by atoms with Crippen molar-refractivity contribution in [2.24, 2.45) is 0 Å². The SMILES string of the molecule is CC(=O)Nc1c(C(=O)O)cnn1CCC#N. The van der Waals surface area contributed by atoms with Gasteiger partial charge in [0.05, 0.1) is 25.2 Å². The second kappa shape index (κ2) is 4.93. The van der Waals surface area contributed by atoms with Crippen LogP contribution in [-0.4, -0.2) is 26.8 Å². The maximum atomic E-state index is 10.9. The van der Waals surface area contributed by atoms with Crippen LogP contribution < -0.4 is 5.32 Å². The van der Waals surface area contributed by atoms with Gasteiger partial charge in [0.1, 0.15) is 11.4 Å². The minimum atomic E-state index is -1.17. The van der Waals surface area contributed by atoms with Crippen molar-refractivity contribution in [3.63, 3.8) is 0 Å². The van der Waals surface area contributed by atoms with Gasteiger partial charge in [-0.2, -0.15) is 10.4 Å². The van der Waals surface area contributed by atoms with E-state index in [1.807, 2.05) is 6.07 Å². The normalized spacial score (nSPS) is 9.50. The largest absolute Gasteiger partial charge is 0.477 e. The molecule has 1 amide bonds. The quantitative estimate of drug-likeness (QED) is 0.768. The lowest BCUT2D eigenvalue weighted by molar-refractivity contribution is -0.114. The highest BCUT2D eigenvalue weighted by Gasteiger charge is 2.17. The first-order valence-electron chi connectivity index (χ1n) is 4.50. The summed E-state index contributed by atoms with van der Waals surface area (Å²) in [7, 11) is 0. The minimum Gasteiger partial charge on any atom is -0.477 e. The molecule has 1 aromatic rings. The Bertz CT molecular complexity index is 458. The zero-order valence-electron chi connectivity index (χ0n) is 8.60. The number of nitriles is 1. The average molecular weight is 222 g/mol. The molecule has 0 aliphatic carbocycles. The topological polar surface area (TPSA) is 108 Å². The van der Waals surface area contributed by atoms with Crippen LogP contribution in [0.15, 0.2) is 6.20 Å². The number of carboxylic acids is 1. The summed E-state index contributed by atoms with van der Waals surface area (Å²) in [5.74, 6) is -1.46. The highest BCUT2D eigenvalue weighted by Crippen LogP contribution is 2.15. The molecular weight excluding hydrogens is 212 g/mol. The van der Waals surface area contributed by atoms with Crippen LogP contribution in [0.4, 0.5) is 5.82 Å². The van der Waals surface area contributed by atoms with Gasteiger partial charge in [0.25, 0.3) is 0 Å². The molecule has 16 heavy (non-hydrogen) atoms. The van der Waals surface area contributed by atoms with Crippen molar-refractivity contribution in [1.82, 2.24) is 9.78 Å². The number of hydrogen-bond donors (Lipinski definition) is 2. The van der Waals surface area contributed by atoms with Gasteiger partial charge in [0.15, 0.2) is 0 Å². The molecule has 0 bridgehead atoms. The molecule has 0 aliphatic heterocycles. The Labute approximate surface area is 91.3 Å². The highest BCUT2D eigenvalue weighted by molar-refractivity contribution is 5.98. The van der Waals surface area contributed by atoms with Crippen LogP contribution in [0.25, 0.3) is 0 Å². The van der Waals surface area contributed by atoms with E-state index in [2.05, 4.69) is 10.4 Å². The number of rotatable bonds is 4. The zero-order valence-corrected chi connectivity index (χ0v) is 8.60. The second-order valence-corrected chi connectivity index (χ2v) is 3.02. The number of aryl methyl sites for hydroxylation is 1. The summed E-state index contributed by atoms with van der Waals surface area (Å²) in [4.78, 5) is 21.7. The predicted octanol–water partition coefficient (Wildman–Crippen LogP) is 0.453. The summed E-state index contributed by atoms with van der Waals surface area (Å²) in [6, 6.07) is 1.91. The van der Waals surface area contributed by atoms with Crippen LogP contribution in [0.2, 0.25) is 0 Å². The average Bonchev–Trinajstić information content (AvgIpc) is 2.57. The summed E-state index contributed by atoms with van der Waals surface area (Å²) in [6.45, 7) is 1.51. The molecule has 0 saturated heterocycles. The van der Waals surface area contributed by atoms with Gasteiger partial charge >= 0.3 is 5.97 Å². The van der Waals surface area contributed by atoms with Gasteiger partial charge in [-0.3, -0.25) is 4.79 Å². The van der Waals surface area contributed by atoms with Gasteiger partial charge in [-0.05, 0) is 0 Å². The molecule has 0 fully saturated rings. The van der Waals surface area contributed by atoms with Crippen LogP contribution in [0.5, 0.6) is 0 Å². The van der Waals surface area contributed by atoms with Crippen molar-refractivity contribution < 1.29 is 14.7 Å². The number of carboxylic acid groups (broad SMARTS) is 1. The molecular formula is C9H10N4O3. The maximum absolute atomic E-state index is 10.9. The van der Waals surface area contributed by atoms with Gasteiger partial charge in [0.2, 0.25) is 5.91 Å². The van der Waals surface area contributed by atoms with E-state index in [-0.39, 0.29) is 30.3 Å². The zero-order chi connectivity index (χ0) is 12.1. The first-order valence-corrected chi connectivity index (χ1v) is 4.50. The van der Waals surface area contributed by atoms with Crippen molar-refractivity contribution in [3.8, 4) is 6.07 Å². The van der Waals surface area contributed by atoms with Crippen LogP contribution in [0.1, 0.15) is 23.7 Å². The van der Waals surface area contributed by atoms with Crippen molar-refractivity contribution in [2.45, 2.75) is 19.9 Å². The van der Waals surface area contributed by atoms with E-state index in [4.69, 9.17) is 10.4 Å². The Hall–Kier alpha value is -2.36. The number of carbonyl (C=O) groups is 2. The highest BCUT2D eigenvalue weighted by atomic mass is 16.4. The molecule has 7 heteroatoms. The first kappa shape index (κ1) is 11.7. The maximum Gasteiger partial charge on any atom is 0.341 e. The summed E-state index contributed by atoms with van der Waals surface area (Å²) in [6.07, 6.45) is 1.33. The van der Waals surface area contributed by atoms with Gasteiger partial charge < -0.3 is 10.4 Å². The van der Waals surface area contributed by atoms with E-state index in [9.17, 15) is 9.59 Å². The number of carbonyl (C=O) groups excluding carboxylic acids is 1. The van der Waals surface area contributed by atoms with E-state index >= 15 is 0 Å². The molecule has 1 aromatic heterocycles. The minimum absolute atomic E-state index is 0.0897. The molecule has 84 valence electrons. The Morgan fingerprint density at radius 3 is 2.88 bits per heavy atom. The molecule has 1 heterocycles.